The molecule has 1 fully saturated rings. The van der Waals surface area contributed by atoms with Gasteiger partial charge in [0.05, 0.1) is 0 Å². The number of fused-ring (bicyclic) bond motifs is 3. The van der Waals surface area contributed by atoms with E-state index in [2.05, 4.69) is 0 Å². The Morgan fingerprint density at radius 2 is 2.04 bits per heavy atom. The molecule has 0 amide bonds. The number of allylic oxidation sites excluding steroid dienone is 3. The van der Waals surface area contributed by atoms with E-state index < -0.39 is 23.6 Å². The molecule has 1 heterocycles. The molecule has 4 atom stereocenters. The first kappa shape index (κ1) is 17.6. The Morgan fingerprint density at radius 3 is 2.68 bits per heavy atom. The van der Waals surface area contributed by atoms with Gasteiger partial charge >= 0.3 is 11.9 Å². The lowest BCUT2D eigenvalue weighted by atomic mass is 9.78. The number of carbonyl (C=O) groups is 3. The van der Waals surface area contributed by atoms with Crippen LogP contribution in [0.4, 0.5) is 0 Å². The molecular formula is C20H24O5. The molecule has 5 nitrogen and oxygen atoms in total. The minimum absolute atomic E-state index is 0.00653. The zero-order valence-corrected chi connectivity index (χ0v) is 15.3. The van der Waals surface area contributed by atoms with Crippen LogP contribution in [-0.2, 0) is 23.9 Å². The highest BCUT2D eigenvalue weighted by Crippen LogP contribution is 2.50. The van der Waals surface area contributed by atoms with E-state index in [9.17, 15) is 14.4 Å². The third-order valence-corrected chi connectivity index (χ3v) is 5.86. The number of ketones is 1. The molecule has 0 spiro atoms. The fourth-order valence-corrected chi connectivity index (χ4v) is 4.20. The number of esters is 2. The van der Waals surface area contributed by atoms with Gasteiger partial charge in [-0.15, -0.1) is 0 Å². The molecule has 1 aliphatic heterocycles. The van der Waals surface area contributed by atoms with Crippen LogP contribution >= 0.6 is 0 Å². The van der Waals surface area contributed by atoms with Crippen LogP contribution in [0.25, 0.3) is 0 Å². The summed E-state index contributed by atoms with van der Waals surface area (Å²) >= 11 is 0. The van der Waals surface area contributed by atoms with Gasteiger partial charge in [-0.05, 0) is 53.5 Å². The second-order valence-electron chi connectivity index (χ2n) is 7.41. The zero-order chi connectivity index (χ0) is 18.5. The van der Waals surface area contributed by atoms with Crippen LogP contribution in [0.5, 0.6) is 0 Å². The Hall–Kier alpha value is -2.17. The summed E-state index contributed by atoms with van der Waals surface area (Å²) in [6.45, 7) is 8.89. The highest BCUT2D eigenvalue weighted by atomic mass is 16.6. The fourth-order valence-electron chi connectivity index (χ4n) is 4.20. The number of carbonyl (C=O) groups excluding carboxylic acids is 3. The summed E-state index contributed by atoms with van der Waals surface area (Å²) < 4.78 is 11.3. The summed E-state index contributed by atoms with van der Waals surface area (Å²) in [6.07, 6.45) is 4.15. The summed E-state index contributed by atoms with van der Waals surface area (Å²) in [4.78, 5) is 37.3. The van der Waals surface area contributed by atoms with E-state index in [-0.39, 0.29) is 17.6 Å². The Kier molecular flexibility index (Phi) is 4.21. The molecule has 0 radical (unpaired) electrons. The first-order valence-corrected chi connectivity index (χ1v) is 8.70. The Morgan fingerprint density at radius 1 is 1.36 bits per heavy atom. The summed E-state index contributed by atoms with van der Waals surface area (Å²) in [6, 6.07) is 0. The molecule has 0 aromatic carbocycles. The third kappa shape index (κ3) is 2.57. The van der Waals surface area contributed by atoms with Gasteiger partial charge in [0.15, 0.2) is 5.78 Å². The second kappa shape index (κ2) is 5.97. The quantitative estimate of drug-likeness (QED) is 0.569. The first-order chi connectivity index (χ1) is 11.7. The number of ether oxygens (including phenoxy) is 2. The molecule has 25 heavy (non-hydrogen) atoms. The minimum Gasteiger partial charge on any atom is -0.458 e. The largest absolute Gasteiger partial charge is 0.458 e. The van der Waals surface area contributed by atoms with Crippen molar-refractivity contribution in [3.63, 3.8) is 0 Å². The summed E-state index contributed by atoms with van der Waals surface area (Å²) in [5, 5.41) is 0. The van der Waals surface area contributed by atoms with Crippen LogP contribution in [0, 0.1) is 11.8 Å². The Labute approximate surface area is 147 Å². The van der Waals surface area contributed by atoms with Crippen LogP contribution in [-0.4, -0.2) is 29.4 Å². The molecule has 0 aromatic rings. The Bertz CT molecular complexity index is 754. The SMILES string of the molecule is C/C=C(\C)C(=O)O[C@]1(C)C(=O)O[C@@H]2[C@@H]3C(C)=CC(=O)C3=C(C)CC[C@H]21. The smallest absolute Gasteiger partial charge is 0.351 e. The van der Waals surface area contributed by atoms with Gasteiger partial charge in [-0.3, -0.25) is 4.79 Å². The molecule has 0 N–H and O–H groups in total. The van der Waals surface area contributed by atoms with Crippen LogP contribution < -0.4 is 0 Å². The lowest BCUT2D eigenvalue weighted by molar-refractivity contribution is -0.170. The van der Waals surface area contributed by atoms with Crippen molar-refractivity contribution in [1.82, 2.24) is 0 Å². The van der Waals surface area contributed by atoms with Crippen molar-refractivity contribution in [2.45, 2.75) is 59.2 Å². The summed E-state index contributed by atoms with van der Waals surface area (Å²) in [7, 11) is 0. The Balaban J connectivity index is 1.98. The predicted octanol–water partition coefficient (Wildman–Crippen LogP) is 3.05. The van der Waals surface area contributed by atoms with Gasteiger partial charge in [-0.2, -0.15) is 0 Å². The van der Waals surface area contributed by atoms with Crippen LogP contribution in [0.3, 0.4) is 0 Å². The number of rotatable bonds is 2. The van der Waals surface area contributed by atoms with Gasteiger partial charge in [0.2, 0.25) is 5.60 Å². The molecule has 0 bridgehead atoms. The van der Waals surface area contributed by atoms with Crippen molar-refractivity contribution in [3.05, 3.63) is 34.4 Å². The van der Waals surface area contributed by atoms with E-state index in [1.807, 2.05) is 13.8 Å². The van der Waals surface area contributed by atoms with Gasteiger partial charge in [0, 0.05) is 23.0 Å². The van der Waals surface area contributed by atoms with Crippen molar-refractivity contribution >= 4 is 17.7 Å². The van der Waals surface area contributed by atoms with Crippen molar-refractivity contribution < 1.29 is 23.9 Å². The number of hydrogen-bond donors (Lipinski definition) is 0. The van der Waals surface area contributed by atoms with Crippen LogP contribution in [0.15, 0.2) is 34.4 Å². The third-order valence-electron chi connectivity index (χ3n) is 5.86. The van der Waals surface area contributed by atoms with Gasteiger partial charge in [-0.25, -0.2) is 9.59 Å². The van der Waals surface area contributed by atoms with Gasteiger partial charge < -0.3 is 9.47 Å². The highest BCUT2D eigenvalue weighted by Gasteiger charge is 2.61. The second-order valence-corrected chi connectivity index (χ2v) is 7.41. The monoisotopic (exact) mass is 344 g/mol. The van der Waals surface area contributed by atoms with Crippen LogP contribution in [0.2, 0.25) is 0 Å². The van der Waals surface area contributed by atoms with E-state index in [0.29, 0.717) is 18.4 Å². The van der Waals surface area contributed by atoms with Gasteiger partial charge in [-0.1, -0.05) is 17.2 Å². The average molecular weight is 344 g/mol. The average Bonchev–Trinajstić information content (AvgIpc) is 2.90. The summed E-state index contributed by atoms with van der Waals surface area (Å²) in [5.41, 5.74) is 1.82. The summed E-state index contributed by atoms with van der Waals surface area (Å²) in [5.74, 6) is -1.53. The van der Waals surface area contributed by atoms with Crippen molar-refractivity contribution in [2.24, 2.45) is 11.8 Å². The van der Waals surface area contributed by atoms with E-state index in [1.54, 1.807) is 32.9 Å². The molecule has 2 aliphatic carbocycles. The normalized spacial score (nSPS) is 35.0. The standard InChI is InChI=1S/C20H24O5/c1-6-10(2)18(22)25-20(5)13-8-7-11(3)15-14(21)9-12(4)16(15)17(13)24-19(20)23/h6,9,13,16-17H,7-8H2,1-5H3/b10-6+/t13-,16-,17+,20+/m1/s1. The predicted molar refractivity (Wildman–Crippen MR) is 91.5 cm³/mol. The maximum absolute atomic E-state index is 12.6. The molecule has 1 saturated heterocycles. The first-order valence-electron chi connectivity index (χ1n) is 8.70. The fraction of sp³-hybridized carbons (Fsp3) is 0.550. The molecular weight excluding hydrogens is 320 g/mol. The lowest BCUT2D eigenvalue weighted by Crippen LogP contribution is -2.44. The zero-order valence-electron chi connectivity index (χ0n) is 15.3. The van der Waals surface area contributed by atoms with Crippen molar-refractivity contribution in [3.8, 4) is 0 Å². The molecule has 0 aromatic heterocycles. The van der Waals surface area contributed by atoms with Gasteiger partial charge in [0.1, 0.15) is 6.10 Å². The maximum Gasteiger partial charge on any atom is 0.351 e. The van der Waals surface area contributed by atoms with E-state index >= 15 is 0 Å². The lowest BCUT2D eigenvalue weighted by Gasteiger charge is -2.30. The van der Waals surface area contributed by atoms with Crippen molar-refractivity contribution in [2.75, 3.05) is 0 Å². The highest BCUT2D eigenvalue weighted by molar-refractivity contribution is 6.09. The molecule has 3 rings (SSSR count). The van der Waals surface area contributed by atoms with E-state index in [0.717, 1.165) is 16.7 Å². The van der Waals surface area contributed by atoms with E-state index in [1.165, 1.54) is 0 Å². The maximum atomic E-state index is 12.6. The molecule has 5 heteroatoms. The molecule has 0 unspecified atom stereocenters. The van der Waals surface area contributed by atoms with Crippen LogP contribution in [0.1, 0.15) is 47.5 Å². The topological polar surface area (TPSA) is 69.7 Å². The minimum atomic E-state index is -1.33. The van der Waals surface area contributed by atoms with E-state index in [4.69, 9.17) is 9.47 Å². The number of hydrogen-bond acceptors (Lipinski definition) is 5. The molecule has 134 valence electrons. The van der Waals surface area contributed by atoms with Crippen molar-refractivity contribution in [1.29, 1.82) is 0 Å². The van der Waals surface area contributed by atoms with Gasteiger partial charge in [0.25, 0.3) is 0 Å². The molecule has 0 saturated carbocycles. The molecule has 3 aliphatic rings.